The lowest BCUT2D eigenvalue weighted by Gasteiger charge is -2.20. The summed E-state index contributed by atoms with van der Waals surface area (Å²) in [5.41, 5.74) is 4.99. The molecule has 0 atom stereocenters. The minimum Gasteiger partial charge on any atom is -0.352 e. The van der Waals surface area contributed by atoms with Crippen LogP contribution < -0.4 is 11.1 Å². The van der Waals surface area contributed by atoms with Crippen LogP contribution in [0.25, 0.3) is 0 Å². The predicted molar refractivity (Wildman–Crippen MR) is 55.3 cm³/mol. The number of rotatable bonds is 5. The first kappa shape index (κ1) is 12.2. The zero-order chi connectivity index (χ0) is 10.3. The maximum atomic E-state index is 11.5. The average molecular weight is 184 g/mol. The van der Waals surface area contributed by atoms with Gasteiger partial charge in [0.25, 0.3) is 0 Å². The van der Waals surface area contributed by atoms with E-state index >= 15 is 0 Å². The van der Waals surface area contributed by atoms with Crippen LogP contribution in [0.5, 0.6) is 0 Å². The standard InChI is InChI=1S/C10H20N2O/c1-4-10(2,3)9(13)12-8-6-5-7-11/h5-6H,4,7-8,11H2,1-3H3,(H,12,13)/b6-5+. The molecule has 0 heterocycles. The molecule has 0 aliphatic carbocycles. The van der Waals surface area contributed by atoms with Gasteiger partial charge in [-0.1, -0.05) is 32.9 Å². The maximum Gasteiger partial charge on any atom is 0.225 e. The fraction of sp³-hybridized carbons (Fsp3) is 0.700. The Kier molecular flexibility index (Phi) is 5.39. The summed E-state index contributed by atoms with van der Waals surface area (Å²) in [5, 5.41) is 2.83. The molecule has 0 spiro atoms. The highest BCUT2D eigenvalue weighted by atomic mass is 16.2. The van der Waals surface area contributed by atoms with Crippen molar-refractivity contribution in [3.63, 3.8) is 0 Å². The van der Waals surface area contributed by atoms with E-state index in [0.717, 1.165) is 6.42 Å². The minimum atomic E-state index is -0.267. The summed E-state index contributed by atoms with van der Waals surface area (Å²) in [7, 11) is 0. The topological polar surface area (TPSA) is 55.1 Å². The molecule has 0 aliphatic heterocycles. The van der Waals surface area contributed by atoms with Crippen LogP contribution in [0.4, 0.5) is 0 Å². The smallest absolute Gasteiger partial charge is 0.225 e. The lowest BCUT2D eigenvalue weighted by molar-refractivity contribution is -0.129. The summed E-state index contributed by atoms with van der Waals surface area (Å²) in [6, 6.07) is 0. The van der Waals surface area contributed by atoms with Gasteiger partial charge in [-0.15, -0.1) is 0 Å². The number of nitrogens with one attached hydrogen (secondary N) is 1. The molecule has 3 nitrogen and oxygen atoms in total. The van der Waals surface area contributed by atoms with Crippen LogP contribution in [0.2, 0.25) is 0 Å². The van der Waals surface area contributed by atoms with E-state index in [0.29, 0.717) is 13.1 Å². The van der Waals surface area contributed by atoms with Crippen molar-refractivity contribution in [1.29, 1.82) is 0 Å². The van der Waals surface area contributed by atoms with E-state index in [4.69, 9.17) is 5.73 Å². The second kappa shape index (κ2) is 5.75. The summed E-state index contributed by atoms with van der Waals surface area (Å²) in [6.45, 7) is 6.98. The largest absolute Gasteiger partial charge is 0.352 e. The van der Waals surface area contributed by atoms with E-state index in [1.807, 2.05) is 32.9 Å². The van der Waals surface area contributed by atoms with Gasteiger partial charge < -0.3 is 11.1 Å². The third-order valence-electron chi connectivity index (χ3n) is 2.18. The lowest BCUT2D eigenvalue weighted by atomic mass is 9.89. The summed E-state index contributed by atoms with van der Waals surface area (Å²) in [6.07, 6.45) is 4.54. The lowest BCUT2D eigenvalue weighted by Crippen LogP contribution is -2.36. The number of hydrogen-bond acceptors (Lipinski definition) is 2. The number of nitrogens with two attached hydrogens (primary N) is 1. The van der Waals surface area contributed by atoms with Gasteiger partial charge in [0.05, 0.1) is 0 Å². The number of hydrogen-bond donors (Lipinski definition) is 2. The zero-order valence-corrected chi connectivity index (χ0v) is 8.76. The molecule has 76 valence electrons. The zero-order valence-electron chi connectivity index (χ0n) is 8.76. The summed E-state index contributed by atoms with van der Waals surface area (Å²) >= 11 is 0. The van der Waals surface area contributed by atoms with E-state index in [-0.39, 0.29) is 11.3 Å². The summed E-state index contributed by atoms with van der Waals surface area (Å²) in [5.74, 6) is 0.0941. The van der Waals surface area contributed by atoms with Gasteiger partial charge in [-0.05, 0) is 6.42 Å². The van der Waals surface area contributed by atoms with Gasteiger partial charge in [-0.25, -0.2) is 0 Å². The van der Waals surface area contributed by atoms with Crippen molar-refractivity contribution in [2.24, 2.45) is 11.1 Å². The molecule has 0 saturated heterocycles. The van der Waals surface area contributed by atoms with Crippen LogP contribution in [0.3, 0.4) is 0 Å². The first-order valence-corrected chi connectivity index (χ1v) is 4.68. The molecule has 0 bridgehead atoms. The highest BCUT2D eigenvalue weighted by Crippen LogP contribution is 2.18. The SMILES string of the molecule is CCC(C)(C)C(=O)NC/C=C/CN. The fourth-order valence-corrected chi connectivity index (χ4v) is 0.731. The van der Waals surface area contributed by atoms with Crippen molar-refractivity contribution >= 4 is 5.91 Å². The molecule has 0 saturated carbocycles. The van der Waals surface area contributed by atoms with E-state index in [2.05, 4.69) is 5.32 Å². The van der Waals surface area contributed by atoms with Crippen molar-refractivity contribution < 1.29 is 4.79 Å². The van der Waals surface area contributed by atoms with E-state index < -0.39 is 0 Å². The first-order chi connectivity index (χ1) is 6.04. The molecule has 0 rings (SSSR count). The monoisotopic (exact) mass is 184 g/mol. The second-order valence-electron chi connectivity index (χ2n) is 3.65. The Morgan fingerprint density at radius 3 is 2.54 bits per heavy atom. The van der Waals surface area contributed by atoms with Crippen LogP contribution in [0.15, 0.2) is 12.2 Å². The summed E-state index contributed by atoms with van der Waals surface area (Å²) < 4.78 is 0. The molecule has 13 heavy (non-hydrogen) atoms. The van der Waals surface area contributed by atoms with Crippen LogP contribution in [0, 0.1) is 5.41 Å². The van der Waals surface area contributed by atoms with Gasteiger partial charge in [-0.3, -0.25) is 4.79 Å². The van der Waals surface area contributed by atoms with Gasteiger partial charge in [0.15, 0.2) is 0 Å². The molecule has 3 heteroatoms. The van der Waals surface area contributed by atoms with E-state index in [9.17, 15) is 4.79 Å². The van der Waals surface area contributed by atoms with Crippen LogP contribution in [-0.2, 0) is 4.79 Å². The first-order valence-electron chi connectivity index (χ1n) is 4.68. The third-order valence-corrected chi connectivity index (χ3v) is 2.18. The quantitative estimate of drug-likeness (QED) is 0.628. The minimum absolute atomic E-state index is 0.0941. The van der Waals surface area contributed by atoms with Crippen LogP contribution >= 0.6 is 0 Å². The number of carbonyl (C=O) groups excluding carboxylic acids is 1. The molecule has 3 N–H and O–H groups in total. The Labute approximate surface area is 80.4 Å². The molecule has 0 aromatic heterocycles. The average Bonchev–Trinajstić information content (AvgIpc) is 2.12. The molecule has 0 aromatic rings. The van der Waals surface area contributed by atoms with Crippen molar-refractivity contribution in [2.75, 3.05) is 13.1 Å². The fourth-order valence-electron chi connectivity index (χ4n) is 0.731. The highest BCUT2D eigenvalue weighted by molar-refractivity contribution is 5.81. The second-order valence-corrected chi connectivity index (χ2v) is 3.65. The Hall–Kier alpha value is -0.830. The molecule has 0 radical (unpaired) electrons. The van der Waals surface area contributed by atoms with Gasteiger partial charge in [0.1, 0.15) is 0 Å². The van der Waals surface area contributed by atoms with Crippen molar-refractivity contribution in [1.82, 2.24) is 5.32 Å². The molecular formula is C10H20N2O. The molecule has 0 fully saturated rings. The van der Waals surface area contributed by atoms with Crippen molar-refractivity contribution in [3.8, 4) is 0 Å². The van der Waals surface area contributed by atoms with Crippen LogP contribution in [-0.4, -0.2) is 19.0 Å². The molecule has 1 amide bonds. The van der Waals surface area contributed by atoms with Gasteiger partial charge in [-0.2, -0.15) is 0 Å². The number of carbonyl (C=O) groups is 1. The Morgan fingerprint density at radius 1 is 1.46 bits per heavy atom. The normalized spacial score (nSPS) is 12.0. The van der Waals surface area contributed by atoms with Crippen LogP contribution in [0.1, 0.15) is 27.2 Å². The van der Waals surface area contributed by atoms with Gasteiger partial charge in [0, 0.05) is 18.5 Å². The molecule has 0 aliphatic rings. The summed E-state index contributed by atoms with van der Waals surface area (Å²) in [4.78, 5) is 11.5. The van der Waals surface area contributed by atoms with E-state index in [1.165, 1.54) is 0 Å². The molecule has 0 unspecified atom stereocenters. The molecule has 0 aromatic carbocycles. The third kappa shape index (κ3) is 4.68. The number of amides is 1. The Balaban J connectivity index is 3.81. The van der Waals surface area contributed by atoms with Crippen molar-refractivity contribution in [2.45, 2.75) is 27.2 Å². The maximum absolute atomic E-state index is 11.5. The van der Waals surface area contributed by atoms with Gasteiger partial charge in [0.2, 0.25) is 5.91 Å². The van der Waals surface area contributed by atoms with Crippen molar-refractivity contribution in [3.05, 3.63) is 12.2 Å². The molecular weight excluding hydrogens is 164 g/mol. The highest BCUT2D eigenvalue weighted by Gasteiger charge is 2.24. The predicted octanol–water partition coefficient (Wildman–Crippen LogP) is 1.05. The Morgan fingerprint density at radius 2 is 2.08 bits per heavy atom. The Bertz CT molecular complexity index is 185. The van der Waals surface area contributed by atoms with Gasteiger partial charge >= 0.3 is 0 Å². The van der Waals surface area contributed by atoms with E-state index in [1.54, 1.807) is 0 Å².